The molecular formula is C22H29N5O5. The van der Waals surface area contributed by atoms with Crippen LogP contribution < -0.4 is 10.0 Å². The number of carboxylic acid groups (broad SMARTS) is 2. The van der Waals surface area contributed by atoms with Gasteiger partial charge in [-0.3, -0.25) is 14.5 Å². The van der Waals surface area contributed by atoms with E-state index in [1.165, 1.54) is 6.20 Å². The largest absolute Gasteiger partial charge is 0.618 e. The lowest BCUT2D eigenvalue weighted by molar-refractivity contribution is -0.613. The van der Waals surface area contributed by atoms with Gasteiger partial charge in [-0.05, 0) is 11.5 Å². The Morgan fingerprint density at radius 2 is 1.66 bits per heavy atom. The second kappa shape index (κ2) is 11.3. The molecule has 0 aliphatic carbocycles. The molecule has 3 rings (SSSR count). The van der Waals surface area contributed by atoms with E-state index in [-0.39, 0.29) is 13.1 Å². The average Bonchev–Trinajstić information content (AvgIpc) is 2.74. The standard InChI is InChI=1S/C22H29N5O5/c28-21(29)16-25-10-7-23-6-9-24(11-13-26(14-12-25)17-22(30)31)15-20-19-4-2-1-3-18(19)5-8-27(20)32/h1-5,8,11,13,23H,6-7,9-10,12,14-17H2,(H,28,29)(H,30,31)/b13-11-. The van der Waals surface area contributed by atoms with E-state index in [4.69, 9.17) is 5.11 Å². The van der Waals surface area contributed by atoms with Crippen LogP contribution in [0.4, 0.5) is 0 Å². The number of nitrogens with one attached hydrogen (secondary N) is 1. The van der Waals surface area contributed by atoms with Crippen molar-refractivity contribution in [3.8, 4) is 0 Å². The predicted octanol–water partition coefficient (Wildman–Crippen LogP) is 0.123. The molecule has 0 spiro atoms. The molecule has 3 N–H and O–H groups in total. The van der Waals surface area contributed by atoms with Crippen molar-refractivity contribution in [3.05, 3.63) is 59.8 Å². The first-order valence-corrected chi connectivity index (χ1v) is 10.6. The summed E-state index contributed by atoms with van der Waals surface area (Å²) in [4.78, 5) is 27.8. The Morgan fingerprint density at radius 1 is 0.938 bits per heavy atom. The first-order chi connectivity index (χ1) is 15.4. The van der Waals surface area contributed by atoms with Crippen LogP contribution in [0.25, 0.3) is 10.8 Å². The third-order valence-electron chi connectivity index (χ3n) is 5.35. The molecule has 1 aromatic heterocycles. The van der Waals surface area contributed by atoms with Gasteiger partial charge in [0.1, 0.15) is 13.1 Å². The van der Waals surface area contributed by atoms with Gasteiger partial charge in [-0.1, -0.05) is 18.2 Å². The van der Waals surface area contributed by atoms with Gasteiger partial charge in [0, 0.05) is 57.7 Å². The fourth-order valence-corrected chi connectivity index (χ4v) is 3.70. The molecule has 0 saturated heterocycles. The normalized spacial score (nSPS) is 17.5. The lowest BCUT2D eigenvalue weighted by Gasteiger charge is -2.28. The zero-order valence-corrected chi connectivity index (χ0v) is 17.9. The van der Waals surface area contributed by atoms with E-state index in [0.29, 0.717) is 51.5 Å². The molecule has 0 atom stereocenters. The highest BCUT2D eigenvalue weighted by Gasteiger charge is 2.16. The summed E-state index contributed by atoms with van der Waals surface area (Å²) < 4.78 is 0.874. The molecule has 32 heavy (non-hydrogen) atoms. The Morgan fingerprint density at radius 3 is 2.44 bits per heavy atom. The number of pyridine rings is 1. The summed E-state index contributed by atoms with van der Waals surface area (Å²) in [5.41, 5.74) is 0.622. The van der Waals surface area contributed by atoms with Gasteiger partial charge < -0.3 is 30.5 Å². The molecule has 10 heteroatoms. The zero-order valence-electron chi connectivity index (χ0n) is 17.9. The molecule has 10 nitrogen and oxygen atoms in total. The molecule has 1 aliphatic heterocycles. The van der Waals surface area contributed by atoms with E-state index in [1.807, 2.05) is 29.2 Å². The third-order valence-corrected chi connectivity index (χ3v) is 5.35. The molecule has 0 saturated carbocycles. The number of benzene rings is 1. The number of aromatic nitrogens is 1. The maximum atomic E-state index is 12.5. The first-order valence-electron chi connectivity index (χ1n) is 10.6. The summed E-state index contributed by atoms with van der Waals surface area (Å²) in [6.45, 7) is 3.26. The van der Waals surface area contributed by atoms with Gasteiger partial charge in [-0.25, -0.2) is 0 Å². The number of carboxylic acids is 2. The molecule has 0 amide bonds. The van der Waals surface area contributed by atoms with Crippen LogP contribution >= 0.6 is 0 Å². The number of hydrogen-bond acceptors (Lipinski definition) is 7. The minimum absolute atomic E-state index is 0.0942. The van der Waals surface area contributed by atoms with Gasteiger partial charge >= 0.3 is 11.9 Å². The molecule has 0 radical (unpaired) electrons. The molecule has 1 aliphatic rings. The van der Waals surface area contributed by atoms with E-state index >= 15 is 0 Å². The topological polar surface area (TPSA) is 123 Å². The van der Waals surface area contributed by atoms with E-state index in [1.54, 1.807) is 28.3 Å². The number of fused-ring (bicyclic) bond motifs is 1. The maximum Gasteiger partial charge on any atom is 0.323 e. The quantitative estimate of drug-likeness (QED) is 0.422. The Hall–Kier alpha value is -3.37. The molecule has 172 valence electrons. The summed E-state index contributed by atoms with van der Waals surface area (Å²) in [7, 11) is 0. The van der Waals surface area contributed by atoms with Crippen LogP contribution in [-0.2, 0) is 16.1 Å². The second-order valence-electron chi connectivity index (χ2n) is 7.73. The van der Waals surface area contributed by atoms with Gasteiger partial charge in [-0.15, -0.1) is 0 Å². The summed E-state index contributed by atoms with van der Waals surface area (Å²) >= 11 is 0. The van der Waals surface area contributed by atoms with Crippen LogP contribution in [0, 0.1) is 5.21 Å². The molecule has 2 heterocycles. The smallest absolute Gasteiger partial charge is 0.323 e. The minimum atomic E-state index is -0.966. The van der Waals surface area contributed by atoms with Crippen molar-refractivity contribution in [1.82, 2.24) is 20.0 Å². The van der Waals surface area contributed by atoms with Crippen LogP contribution in [0.2, 0.25) is 0 Å². The van der Waals surface area contributed by atoms with Crippen molar-refractivity contribution in [2.24, 2.45) is 0 Å². The van der Waals surface area contributed by atoms with E-state index in [9.17, 15) is 19.9 Å². The van der Waals surface area contributed by atoms with Gasteiger partial charge in [0.2, 0.25) is 5.69 Å². The lowest BCUT2D eigenvalue weighted by Crippen LogP contribution is -2.43. The highest BCUT2D eigenvalue weighted by atomic mass is 16.5. The van der Waals surface area contributed by atoms with E-state index in [2.05, 4.69) is 5.32 Å². The number of rotatable bonds is 6. The summed E-state index contributed by atoms with van der Waals surface area (Å²) in [6, 6.07) is 9.50. The summed E-state index contributed by atoms with van der Waals surface area (Å²) in [6.07, 6.45) is 5.01. The Labute approximate surface area is 186 Å². The molecular weight excluding hydrogens is 414 g/mol. The Bertz CT molecular complexity index is 967. The van der Waals surface area contributed by atoms with Crippen molar-refractivity contribution in [1.29, 1.82) is 0 Å². The third kappa shape index (κ3) is 6.82. The number of aliphatic carboxylic acids is 2. The average molecular weight is 444 g/mol. The van der Waals surface area contributed by atoms with Crippen molar-refractivity contribution in [2.45, 2.75) is 6.54 Å². The van der Waals surface area contributed by atoms with Crippen LogP contribution in [0.15, 0.2) is 48.9 Å². The Kier molecular flexibility index (Phi) is 8.23. The predicted molar refractivity (Wildman–Crippen MR) is 119 cm³/mol. The molecule has 0 unspecified atom stereocenters. The van der Waals surface area contributed by atoms with Crippen LogP contribution in [0.5, 0.6) is 0 Å². The Balaban J connectivity index is 1.81. The first kappa shape index (κ1) is 23.3. The van der Waals surface area contributed by atoms with Crippen molar-refractivity contribution in [2.75, 3.05) is 52.4 Å². The number of nitrogens with zero attached hydrogens (tertiary/aromatic N) is 4. The summed E-state index contributed by atoms with van der Waals surface area (Å²) in [5.74, 6) is -1.88. The number of hydrogen-bond donors (Lipinski definition) is 3. The van der Waals surface area contributed by atoms with Gasteiger partial charge in [0.05, 0.1) is 11.9 Å². The fourth-order valence-electron chi connectivity index (χ4n) is 3.70. The molecule has 0 bridgehead atoms. The highest BCUT2D eigenvalue weighted by Crippen LogP contribution is 2.17. The molecule has 0 fully saturated rings. The lowest BCUT2D eigenvalue weighted by atomic mass is 10.1. The van der Waals surface area contributed by atoms with Crippen LogP contribution in [-0.4, -0.2) is 89.2 Å². The van der Waals surface area contributed by atoms with Crippen molar-refractivity contribution in [3.63, 3.8) is 0 Å². The van der Waals surface area contributed by atoms with E-state index in [0.717, 1.165) is 15.5 Å². The second-order valence-corrected chi connectivity index (χ2v) is 7.73. The van der Waals surface area contributed by atoms with Gasteiger partial charge in [-0.2, -0.15) is 4.73 Å². The van der Waals surface area contributed by atoms with Crippen molar-refractivity contribution < 1.29 is 24.5 Å². The minimum Gasteiger partial charge on any atom is -0.618 e. The SMILES string of the molecule is O=C(O)CN1/C=C\N(Cc2c3ccccc3cc[n+]2[O-])CCNCCN(CC(=O)O)CC1. The van der Waals surface area contributed by atoms with Crippen LogP contribution in [0.3, 0.4) is 0 Å². The summed E-state index contributed by atoms with van der Waals surface area (Å²) in [5, 5.41) is 36.1. The molecule has 1 aromatic carbocycles. The number of carbonyl (C=O) groups is 2. The zero-order chi connectivity index (χ0) is 22.9. The van der Waals surface area contributed by atoms with Crippen molar-refractivity contribution >= 4 is 22.7 Å². The molecule has 2 aromatic rings. The maximum absolute atomic E-state index is 12.5. The highest BCUT2D eigenvalue weighted by molar-refractivity contribution is 5.83. The van der Waals surface area contributed by atoms with Gasteiger partial charge in [0.15, 0.2) is 6.20 Å². The van der Waals surface area contributed by atoms with E-state index < -0.39 is 11.9 Å². The van der Waals surface area contributed by atoms with Gasteiger partial charge in [0.25, 0.3) is 0 Å². The fraction of sp³-hybridized carbons (Fsp3) is 0.409. The monoisotopic (exact) mass is 443 g/mol. The van der Waals surface area contributed by atoms with Crippen LogP contribution in [0.1, 0.15) is 5.69 Å².